The van der Waals surface area contributed by atoms with Crippen molar-refractivity contribution >= 4 is 0 Å². The molecular weight excluding hydrogens is 352 g/mol. The predicted molar refractivity (Wildman–Crippen MR) is 109 cm³/mol. The zero-order valence-electron chi connectivity index (χ0n) is 16.4. The molecule has 1 unspecified atom stereocenters. The van der Waals surface area contributed by atoms with Gasteiger partial charge in [0.15, 0.2) is 6.10 Å². The first-order chi connectivity index (χ1) is 13.4. The number of hydrogen-bond acceptors (Lipinski definition) is 4. The lowest BCUT2D eigenvalue weighted by Gasteiger charge is -2.19. The van der Waals surface area contributed by atoms with E-state index in [2.05, 4.69) is 62.2 Å². The van der Waals surface area contributed by atoms with Crippen LogP contribution in [0.4, 0.5) is 0 Å². The number of hydrogen-bond donors (Lipinski definition) is 0. The summed E-state index contributed by atoms with van der Waals surface area (Å²) in [6, 6.07) is 18.5. The van der Waals surface area contributed by atoms with Gasteiger partial charge in [0.1, 0.15) is 12.4 Å². The molecule has 0 radical (unpaired) electrons. The van der Waals surface area contributed by atoms with E-state index in [1.165, 1.54) is 17.2 Å². The number of ether oxygens (including phenoxy) is 2. The molecule has 1 aliphatic heterocycles. The van der Waals surface area contributed by atoms with Crippen LogP contribution in [-0.4, -0.2) is 22.3 Å². The minimum absolute atomic E-state index is 0.154. The second-order valence-corrected chi connectivity index (χ2v) is 8.10. The fraction of sp³-hybridized carbons (Fsp3) is 0.304. The minimum Gasteiger partial charge on any atom is -0.490 e. The highest BCUT2D eigenvalue weighted by Crippen LogP contribution is 2.27. The normalized spacial score (nSPS) is 15.8. The van der Waals surface area contributed by atoms with E-state index in [-0.39, 0.29) is 17.1 Å². The molecule has 0 aliphatic carbocycles. The average molecular weight is 376 g/mol. The quantitative estimate of drug-likeness (QED) is 0.689. The van der Waals surface area contributed by atoms with Crippen molar-refractivity contribution in [1.29, 1.82) is 0 Å². The topological polar surface area (TPSA) is 53.4 Å². The van der Waals surface area contributed by atoms with Crippen LogP contribution in [0.3, 0.4) is 0 Å². The smallest absolute Gasteiger partial charge is 0.300 e. The molecule has 144 valence electrons. The van der Waals surface area contributed by atoms with Crippen molar-refractivity contribution in [3.63, 3.8) is 0 Å². The van der Waals surface area contributed by atoms with Crippen molar-refractivity contribution in [3.05, 3.63) is 76.7 Å². The molecule has 1 aliphatic rings. The van der Waals surface area contributed by atoms with Gasteiger partial charge in [-0.25, -0.2) is 0 Å². The lowest BCUT2D eigenvalue weighted by atomic mass is 9.86. The van der Waals surface area contributed by atoms with Crippen molar-refractivity contribution < 1.29 is 9.47 Å². The highest BCUT2D eigenvalue weighted by Gasteiger charge is 2.23. The summed E-state index contributed by atoms with van der Waals surface area (Å²) < 4.78 is 13.3. The molecule has 1 atom stereocenters. The Kier molecular flexibility index (Phi) is 4.67. The molecule has 0 bridgehead atoms. The Hall–Kier alpha value is -3.08. The van der Waals surface area contributed by atoms with Crippen LogP contribution in [0.2, 0.25) is 0 Å². The maximum Gasteiger partial charge on any atom is 0.300 e. The van der Waals surface area contributed by atoms with Gasteiger partial charge in [-0.15, -0.1) is 0 Å². The lowest BCUT2D eigenvalue weighted by molar-refractivity contribution is 0.143. The van der Waals surface area contributed by atoms with Crippen molar-refractivity contribution in [2.75, 3.05) is 6.61 Å². The van der Waals surface area contributed by atoms with Gasteiger partial charge in [-0.05, 0) is 34.2 Å². The van der Waals surface area contributed by atoms with Gasteiger partial charge >= 0.3 is 0 Å². The maximum atomic E-state index is 11.3. The summed E-state index contributed by atoms with van der Waals surface area (Å²) in [5.41, 5.74) is 3.52. The Bertz CT molecular complexity index is 1020. The molecule has 5 nitrogen and oxygen atoms in total. The Morgan fingerprint density at radius 2 is 1.68 bits per heavy atom. The van der Waals surface area contributed by atoms with Crippen LogP contribution < -0.4 is 15.0 Å². The van der Waals surface area contributed by atoms with Gasteiger partial charge in [0, 0.05) is 12.3 Å². The highest BCUT2D eigenvalue weighted by molar-refractivity contribution is 5.64. The summed E-state index contributed by atoms with van der Waals surface area (Å²) in [5.74, 6) is 0.789. The first-order valence-electron chi connectivity index (χ1n) is 9.46. The summed E-state index contributed by atoms with van der Waals surface area (Å²) in [7, 11) is 0. The van der Waals surface area contributed by atoms with E-state index in [0.29, 0.717) is 19.2 Å². The van der Waals surface area contributed by atoms with E-state index in [0.717, 1.165) is 11.3 Å². The van der Waals surface area contributed by atoms with E-state index in [1.807, 2.05) is 16.7 Å². The summed E-state index contributed by atoms with van der Waals surface area (Å²) in [5, 5.41) is 0. The summed E-state index contributed by atoms with van der Waals surface area (Å²) in [6.07, 6.45) is 1.55. The zero-order valence-corrected chi connectivity index (χ0v) is 16.4. The van der Waals surface area contributed by atoms with Gasteiger partial charge < -0.3 is 9.47 Å². The number of rotatable bonds is 4. The molecule has 0 amide bonds. The molecule has 0 fully saturated rings. The minimum atomic E-state index is -0.293. The molecular formula is C23H24N2O3. The monoisotopic (exact) mass is 376 g/mol. The molecule has 1 aromatic heterocycles. The fourth-order valence-corrected chi connectivity index (χ4v) is 3.23. The van der Waals surface area contributed by atoms with Gasteiger partial charge in [-0.3, -0.25) is 9.36 Å². The van der Waals surface area contributed by atoms with Crippen molar-refractivity contribution in [3.8, 4) is 22.9 Å². The standard InChI is InChI=1S/C23H24N2O3/c1-23(2,3)18-8-4-16(5-9-18)17-6-10-19(11-7-17)27-15-20-14-25-13-12-21(26)24-22(25)28-20/h4-13,20H,14-15H2,1-3H3. The van der Waals surface area contributed by atoms with Crippen LogP contribution in [-0.2, 0) is 12.0 Å². The number of benzene rings is 2. The number of fused-ring (bicyclic) bond motifs is 1. The fourth-order valence-electron chi connectivity index (χ4n) is 3.23. The molecule has 0 saturated carbocycles. The van der Waals surface area contributed by atoms with Crippen LogP contribution in [0.15, 0.2) is 65.6 Å². The van der Waals surface area contributed by atoms with Gasteiger partial charge in [-0.1, -0.05) is 57.2 Å². The Labute approximate surface area is 164 Å². The van der Waals surface area contributed by atoms with Crippen molar-refractivity contribution in [2.24, 2.45) is 0 Å². The van der Waals surface area contributed by atoms with Gasteiger partial charge in [0.05, 0.1) is 6.54 Å². The van der Waals surface area contributed by atoms with Crippen molar-refractivity contribution in [1.82, 2.24) is 9.55 Å². The maximum absolute atomic E-state index is 11.3. The third kappa shape index (κ3) is 3.93. The van der Waals surface area contributed by atoms with E-state index >= 15 is 0 Å². The Balaban J connectivity index is 1.37. The van der Waals surface area contributed by atoms with E-state index in [9.17, 15) is 4.79 Å². The zero-order chi connectivity index (χ0) is 19.7. The predicted octanol–water partition coefficient (Wildman–Crippen LogP) is 4.05. The van der Waals surface area contributed by atoms with Gasteiger partial charge in [-0.2, -0.15) is 4.98 Å². The van der Waals surface area contributed by atoms with E-state index in [1.54, 1.807) is 6.20 Å². The van der Waals surface area contributed by atoms with Gasteiger partial charge in [0.25, 0.3) is 11.6 Å². The Morgan fingerprint density at radius 3 is 2.32 bits per heavy atom. The van der Waals surface area contributed by atoms with E-state index in [4.69, 9.17) is 9.47 Å². The van der Waals surface area contributed by atoms with Crippen molar-refractivity contribution in [2.45, 2.75) is 38.8 Å². The van der Waals surface area contributed by atoms with Crippen LogP contribution in [0.5, 0.6) is 11.8 Å². The summed E-state index contributed by atoms with van der Waals surface area (Å²) in [4.78, 5) is 15.2. The van der Waals surface area contributed by atoms with Gasteiger partial charge in [0.2, 0.25) is 0 Å². The largest absolute Gasteiger partial charge is 0.490 e. The lowest BCUT2D eigenvalue weighted by Crippen LogP contribution is -2.23. The molecule has 0 saturated heterocycles. The summed E-state index contributed by atoms with van der Waals surface area (Å²) >= 11 is 0. The van der Waals surface area contributed by atoms with Crippen LogP contribution in [0.25, 0.3) is 11.1 Å². The van der Waals surface area contributed by atoms with Crippen LogP contribution in [0.1, 0.15) is 26.3 Å². The van der Waals surface area contributed by atoms with E-state index < -0.39 is 0 Å². The molecule has 5 heteroatoms. The molecule has 2 aromatic carbocycles. The first kappa shape index (κ1) is 18.3. The van der Waals surface area contributed by atoms with Crippen LogP contribution >= 0.6 is 0 Å². The third-order valence-corrected chi connectivity index (χ3v) is 4.90. The third-order valence-electron chi connectivity index (χ3n) is 4.90. The second-order valence-electron chi connectivity index (χ2n) is 8.10. The Morgan fingerprint density at radius 1 is 1.04 bits per heavy atom. The second kappa shape index (κ2) is 7.15. The average Bonchev–Trinajstić information content (AvgIpc) is 3.08. The molecule has 2 heterocycles. The van der Waals surface area contributed by atoms with Crippen LogP contribution in [0, 0.1) is 0 Å². The SMILES string of the molecule is CC(C)(C)c1ccc(-c2ccc(OCC3Cn4ccc(=O)nc4O3)cc2)cc1. The molecule has 3 aromatic rings. The number of nitrogens with zero attached hydrogens (tertiary/aromatic N) is 2. The molecule has 28 heavy (non-hydrogen) atoms. The highest BCUT2D eigenvalue weighted by atomic mass is 16.6. The molecule has 0 spiro atoms. The summed E-state index contributed by atoms with van der Waals surface area (Å²) in [6.45, 7) is 7.68. The molecule has 4 rings (SSSR count). The first-order valence-corrected chi connectivity index (χ1v) is 9.46. The molecule has 0 N–H and O–H groups in total. The number of aromatic nitrogens is 2.